The SMILES string of the molecule is FC(F)(F)c1ccc(Oc2cnc(C3CCNC3)nc2)cc1. The van der Waals surface area contributed by atoms with E-state index in [9.17, 15) is 13.2 Å². The number of hydrogen-bond donors (Lipinski definition) is 1. The normalized spacial score (nSPS) is 18.4. The van der Waals surface area contributed by atoms with Crippen molar-refractivity contribution in [2.45, 2.75) is 18.5 Å². The number of hydrogen-bond acceptors (Lipinski definition) is 4. The van der Waals surface area contributed by atoms with Crippen LogP contribution in [0.15, 0.2) is 36.7 Å². The molecule has 0 aliphatic carbocycles. The molecule has 1 aromatic carbocycles. The van der Waals surface area contributed by atoms with Gasteiger partial charge in [-0.3, -0.25) is 0 Å². The smallest absolute Gasteiger partial charge is 0.416 e. The van der Waals surface area contributed by atoms with Crippen molar-refractivity contribution in [2.75, 3.05) is 13.1 Å². The first-order valence-electron chi connectivity index (χ1n) is 6.90. The van der Waals surface area contributed by atoms with Gasteiger partial charge in [-0.25, -0.2) is 9.97 Å². The summed E-state index contributed by atoms with van der Waals surface area (Å²) in [6.07, 6.45) is -0.269. The highest BCUT2D eigenvalue weighted by atomic mass is 19.4. The van der Waals surface area contributed by atoms with Crippen LogP contribution < -0.4 is 10.1 Å². The topological polar surface area (TPSA) is 47.0 Å². The Bertz CT molecular complexity index is 620. The van der Waals surface area contributed by atoms with Crippen molar-refractivity contribution >= 4 is 0 Å². The van der Waals surface area contributed by atoms with Crippen molar-refractivity contribution < 1.29 is 17.9 Å². The molecule has 1 saturated heterocycles. The van der Waals surface area contributed by atoms with Gasteiger partial charge in [-0.2, -0.15) is 13.2 Å². The lowest BCUT2D eigenvalue weighted by Crippen LogP contribution is -2.10. The van der Waals surface area contributed by atoms with Gasteiger partial charge < -0.3 is 10.1 Å². The van der Waals surface area contributed by atoms with E-state index < -0.39 is 11.7 Å². The Kier molecular flexibility index (Phi) is 3.98. The molecule has 0 spiro atoms. The molecule has 2 heterocycles. The average molecular weight is 309 g/mol. The van der Waals surface area contributed by atoms with Crippen LogP contribution in [0.25, 0.3) is 0 Å². The van der Waals surface area contributed by atoms with E-state index in [-0.39, 0.29) is 0 Å². The Morgan fingerprint density at radius 3 is 2.27 bits per heavy atom. The molecule has 7 heteroatoms. The van der Waals surface area contributed by atoms with Crippen LogP contribution in [0.5, 0.6) is 11.5 Å². The maximum Gasteiger partial charge on any atom is 0.416 e. The largest absolute Gasteiger partial charge is 0.454 e. The molecule has 1 aliphatic rings. The third kappa shape index (κ3) is 3.36. The van der Waals surface area contributed by atoms with Crippen molar-refractivity contribution in [3.63, 3.8) is 0 Å². The quantitative estimate of drug-likeness (QED) is 0.944. The minimum Gasteiger partial charge on any atom is -0.454 e. The number of halogens is 3. The van der Waals surface area contributed by atoms with Gasteiger partial charge in [0.2, 0.25) is 0 Å². The fraction of sp³-hybridized carbons (Fsp3) is 0.333. The van der Waals surface area contributed by atoms with Crippen molar-refractivity contribution in [3.8, 4) is 11.5 Å². The van der Waals surface area contributed by atoms with Crippen LogP contribution in [0.2, 0.25) is 0 Å². The summed E-state index contributed by atoms with van der Waals surface area (Å²) in [6.45, 7) is 1.82. The molecular weight excluding hydrogens is 295 g/mol. The third-order valence-electron chi connectivity index (χ3n) is 3.49. The number of rotatable bonds is 3. The second kappa shape index (κ2) is 5.92. The first-order valence-corrected chi connectivity index (χ1v) is 6.90. The molecule has 22 heavy (non-hydrogen) atoms. The van der Waals surface area contributed by atoms with E-state index in [1.807, 2.05) is 0 Å². The monoisotopic (exact) mass is 309 g/mol. The van der Waals surface area contributed by atoms with Gasteiger partial charge >= 0.3 is 6.18 Å². The van der Waals surface area contributed by atoms with Crippen LogP contribution >= 0.6 is 0 Å². The number of alkyl halides is 3. The molecule has 4 nitrogen and oxygen atoms in total. The van der Waals surface area contributed by atoms with E-state index in [4.69, 9.17) is 4.74 Å². The molecule has 0 bridgehead atoms. The summed E-state index contributed by atoms with van der Waals surface area (Å²) in [4.78, 5) is 8.52. The van der Waals surface area contributed by atoms with Crippen molar-refractivity contribution in [1.82, 2.24) is 15.3 Å². The number of nitrogens with one attached hydrogen (secondary N) is 1. The van der Waals surface area contributed by atoms with E-state index in [1.165, 1.54) is 12.1 Å². The highest BCUT2D eigenvalue weighted by Gasteiger charge is 2.30. The maximum absolute atomic E-state index is 12.5. The zero-order valence-electron chi connectivity index (χ0n) is 11.6. The lowest BCUT2D eigenvalue weighted by atomic mass is 10.1. The van der Waals surface area contributed by atoms with Crippen LogP contribution in [-0.4, -0.2) is 23.1 Å². The number of aromatic nitrogens is 2. The van der Waals surface area contributed by atoms with Gasteiger partial charge in [0.25, 0.3) is 0 Å². The summed E-state index contributed by atoms with van der Waals surface area (Å²) in [5.74, 6) is 1.77. The van der Waals surface area contributed by atoms with Crippen LogP contribution in [-0.2, 0) is 6.18 Å². The molecule has 0 saturated carbocycles. The fourth-order valence-corrected chi connectivity index (χ4v) is 2.31. The Morgan fingerprint density at radius 2 is 1.73 bits per heavy atom. The lowest BCUT2D eigenvalue weighted by molar-refractivity contribution is -0.137. The maximum atomic E-state index is 12.5. The van der Waals surface area contributed by atoms with Gasteiger partial charge in [0, 0.05) is 12.5 Å². The number of nitrogens with zero attached hydrogens (tertiary/aromatic N) is 2. The van der Waals surface area contributed by atoms with Gasteiger partial charge in [0.05, 0.1) is 18.0 Å². The second-order valence-electron chi connectivity index (χ2n) is 5.09. The molecule has 1 N–H and O–H groups in total. The molecule has 116 valence electrons. The molecule has 1 aromatic heterocycles. The zero-order valence-corrected chi connectivity index (χ0v) is 11.6. The molecular formula is C15H14F3N3O. The molecule has 3 rings (SSSR count). The minimum atomic E-state index is -4.35. The predicted molar refractivity (Wildman–Crippen MR) is 73.8 cm³/mol. The van der Waals surface area contributed by atoms with E-state index in [0.29, 0.717) is 17.4 Å². The van der Waals surface area contributed by atoms with Crippen LogP contribution in [0.3, 0.4) is 0 Å². The molecule has 1 fully saturated rings. The molecule has 0 amide bonds. The first-order chi connectivity index (χ1) is 10.5. The van der Waals surface area contributed by atoms with Gasteiger partial charge in [0.1, 0.15) is 11.6 Å². The van der Waals surface area contributed by atoms with Crippen LogP contribution in [0.1, 0.15) is 23.7 Å². The second-order valence-corrected chi connectivity index (χ2v) is 5.09. The summed E-state index contributed by atoms with van der Waals surface area (Å²) in [5.41, 5.74) is -0.708. The molecule has 1 aliphatic heterocycles. The summed E-state index contributed by atoms with van der Waals surface area (Å²) >= 11 is 0. The Hall–Kier alpha value is -2.15. The summed E-state index contributed by atoms with van der Waals surface area (Å²) < 4.78 is 42.9. The minimum absolute atomic E-state index is 0.306. The van der Waals surface area contributed by atoms with E-state index >= 15 is 0 Å². The summed E-state index contributed by atoms with van der Waals surface area (Å²) in [5, 5.41) is 3.24. The molecule has 0 radical (unpaired) electrons. The standard InChI is InChI=1S/C15H14F3N3O/c16-15(17,18)11-1-3-12(4-2-11)22-13-8-20-14(21-9-13)10-5-6-19-7-10/h1-4,8-10,19H,5-7H2. The van der Waals surface area contributed by atoms with Gasteiger partial charge in [-0.15, -0.1) is 0 Å². The Balaban J connectivity index is 1.67. The van der Waals surface area contributed by atoms with Crippen molar-refractivity contribution in [1.29, 1.82) is 0 Å². The lowest BCUT2D eigenvalue weighted by Gasteiger charge is -2.10. The third-order valence-corrected chi connectivity index (χ3v) is 3.49. The predicted octanol–water partition coefficient (Wildman–Crippen LogP) is 3.36. The summed E-state index contributed by atoms with van der Waals surface area (Å²) in [6, 6.07) is 4.51. The number of benzene rings is 1. The highest BCUT2D eigenvalue weighted by molar-refractivity contribution is 5.32. The Morgan fingerprint density at radius 1 is 1.05 bits per heavy atom. The fourth-order valence-electron chi connectivity index (χ4n) is 2.31. The van der Waals surface area contributed by atoms with E-state index in [0.717, 1.165) is 37.5 Å². The molecule has 2 aromatic rings. The van der Waals surface area contributed by atoms with Gasteiger partial charge in [-0.05, 0) is 37.2 Å². The highest BCUT2D eigenvalue weighted by Crippen LogP contribution is 2.31. The van der Waals surface area contributed by atoms with Gasteiger partial charge in [0.15, 0.2) is 5.75 Å². The van der Waals surface area contributed by atoms with Crippen LogP contribution in [0.4, 0.5) is 13.2 Å². The van der Waals surface area contributed by atoms with Crippen LogP contribution in [0, 0.1) is 0 Å². The van der Waals surface area contributed by atoms with E-state index in [2.05, 4.69) is 15.3 Å². The molecule has 1 unspecified atom stereocenters. The van der Waals surface area contributed by atoms with Crippen molar-refractivity contribution in [2.24, 2.45) is 0 Å². The number of ether oxygens (including phenoxy) is 1. The first kappa shape index (κ1) is 14.8. The van der Waals surface area contributed by atoms with Crippen molar-refractivity contribution in [3.05, 3.63) is 48.0 Å². The molecule has 1 atom stereocenters. The summed E-state index contributed by atoms with van der Waals surface area (Å²) in [7, 11) is 0. The average Bonchev–Trinajstić information content (AvgIpc) is 3.02. The van der Waals surface area contributed by atoms with E-state index in [1.54, 1.807) is 12.4 Å². The Labute approximate surface area is 125 Å². The van der Waals surface area contributed by atoms with Gasteiger partial charge in [-0.1, -0.05) is 0 Å². The zero-order chi connectivity index (χ0) is 15.6.